The average Bonchev–Trinajstić information content (AvgIpc) is 2.98. The third kappa shape index (κ3) is 6.11. The highest BCUT2D eigenvalue weighted by Crippen LogP contribution is 2.07. The monoisotopic (exact) mass is 384 g/mol. The van der Waals surface area contributed by atoms with Gasteiger partial charge in [-0.1, -0.05) is 19.1 Å². The van der Waals surface area contributed by atoms with Crippen molar-refractivity contribution < 1.29 is 4.79 Å². The zero-order valence-electron chi connectivity index (χ0n) is 17.8. The minimum absolute atomic E-state index is 0.00795. The van der Waals surface area contributed by atoms with Gasteiger partial charge in [0.2, 0.25) is 0 Å². The first-order valence-corrected chi connectivity index (χ1v) is 9.56. The number of hydrogen-bond donors (Lipinski definition) is 2. The number of nitrogens with zero attached hydrogens (tertiary/aromatic N) is 4. The van der Waals surface area contributed by atoms with Crippen LogP contribution in [0.1, 0.15) is 34.2 Å². The number of benzene rings is 1. The summed E-state index contributed by atoms with van der Waals surface area (Å²) in [5.74, 6) is 1.18. The minimum Gasteiger partial charge on any atom is -0.356 e. The molecule has 0 fully saturated rings. The predicted molar refractivity (Wildman–Crippen MR) is 114 cm³/mol. The van der Waals surface area contributed by atoms with Crippen LogP contribution in [0.15, 0.2) is 35.3 Å². The number of guanidine groups is 1. The number of rotatable bonds is 7. The number of carbonyl (C=O) groups excluding carboxylic acids is 1. The van der Waals surface area contributed by atoms with E-state index in [1.54, 1.807) is 26.0 Å². The lowest BCUT2D eigenvalue weighted by Gasteiger charge is -2.17. The molecule has 0 aliphatic carbocycles. The minimum atomic E-state index is 0.00795. The molecule has 1 heterocycles. The maximum atomic E-state index is 11.9. The van der Waals surface area contributed by atoms with Gasteiger partial charge in [-0.05, 0) is 43.5 Å². The second kappa shape index (κ2) is 9.92. The summed E-state index contributed by atoms with van der Waals surface area (Å²) in [5, 5.41) is 11.2. The largest absolute Gasteiger partial charge is 0.356 e. The molecule has 152 valence electrons. The first kappa shape index (κ1) is 21.5. The van der Waals surface area contributed by atoms with E-state index >= 15 is 0 Å². The number of carbonyl (C=O) groups is 1. The van der Waals surface area contributed by atoms with Crippen LogP contribution in [0.2, 0.25) is 0 Å². The molecule has 1 atom stereocenters. The Balaban J connectivity index is 1.81. The lowest BCUT2D eigenvalue weighted by molar-refractivity contribution is 0.0827. The highest BCUT2D eigenvalue weighted by Gasteiger charge is 2.09. The van der Waals surface area contributed by atoms with Crippen LogP contribution in [0.4, 0.5) is 0 Å². The van der Waals surface area contributed by atoms with Crippen molar-refractivity contribution in [3.05, 3.63) is 52.8 Å². The van der Waals surface area contributed by atoms with Crippen molar-refractivity contribution in [1.82, 2.24) is 25.3 Å². The van der Waals surface area contributed by atoms with Crippen LogP contribution < -0.4 is 10.6 Å². The summed E-state index contributed by atoms with van der Waals surface area (Å²) in [7, 11) is 5.27. The molecule has 1 amide bonds. The fraction of sp³-hybridized carbons (Fsp3) is 0.476. The van der Waals surface area contributed by atoms with E-state index < -0.39 is 0 Å². The van der Waals surface area contributed by atoms with Crippen LogP contribution in [-0.2, 0) is 13.1 Å². The Morgan fingerprint density at radius 1 is 1.21 bits per heavy atom. The lowest BCUT2D eigenvalue weighted by Crippen LogP contribution is -2.39. The van der Waals surface area contributed by atoms with E-state index in [9.17, 15) is 4.79 Å². The lowest BCUT2D eigenvalue weighted by atomic mass is 10.1. The molecule has 0 aliphatic heterocycles. The van der Waals surface area contributed by atoms with Crippen molar-refractivity contribution in [3.8, 4) is 0 Å². The standard InChI is InChI=1S/C21H32N6O/c1-15(14-27-17(3)11-16(2)25-27)12-23-21(22-4)24-13-18-7-9-19(10-8-18)20(28)26(5)6/h7-11,15H,12-14H2,1-6H3,(H2,22,23,24). The maximum absolute atomic E-state index is 11.9. The van der Waals surface area contributed by atoms with Gasteiger partial charge in [-0.25, -0.2) is 0 Å². The van der Waals surface area contributed by atoms with Gasteiger partial charge in [0, 0.05) is 52.0 Å². The fourth-order valence-electron chi connectivity index (χ4n) is 2.92. The van der Waals surface area contributed by atoms with E-state index in [1.165, 1.54) is 5.69 Å². The number of aryl methyl sites for hydroxylation is 2. The van der Waals surface area contributed by atoms with Gasteiger partial charge in [-0.15, -0.1) is 0 Å². The molecule has 0 aliphatic rings. The van der Waals surface area contributed by atoms with Gasteiger partial charge in [-0.2, -0.15) is 5.10 Å². The van der Waals surface area contributed by atoms with Crippen LogP contribution in [0, 0.1) is 19.8 Å². The number of hydrogen-bond acceptors (Lipinski definition) is 3. The van der Waals surface area contributed by atoms with Crippen LogP contribution in [-0.4, -0.2) is 54.2 Å². The Kier molecular flexibility index (Phi) is 7.61. The molecule has 1 aromatic heterocycles. The molecular formula is C21H32N6O. The summed E-state index contributed by atoms with van der Waals surface area (Å²) in [6, 6.07) is 9.72. The summed E-state index contributed by atoms with van der Waals surface area (Å²) >= 11 is 0. The molecule has 0 radical (unpaired) electrons. The molecule has 2 N–H and O–H groups in total. The van der Waals surface area contributed by atoms with Gasteiger partial charge in [0.15, 0.2) is 5.96 Å². The average molecular weight is 385 g/mol. The van der Waals surface area contributed by atoms with E-state index in [1.807, 2.05) is 31.2 Å². The Bertz CT molecular complexity index is 807. The van der Waals surface area contributed by atoms with Crippen molar-refractivity contribution in [2.45, 2.75) is 33.9 Å². The SMILES string of the molecule is CN=C(NCc1ccc(C(=O)N(C)C)cc1)NCC(C)Cn1nc(C)cc1C. The van der Waals surface area contributed by atoms with Gasteiger partial charge in [0.05, 0.1) is 5.69 Å². The van der Waals surface area contributed by atoms with E-state index in [4.69, 9.17) is 0 Å². The zero-order chi connectivity index (χ0) is 20.7. The van der Waals surface area contributed by atoms with Crippen molar-refractivity contribution >= 4 is 11.9 Å². The Morgan fingerprint density at radius 3 is 2.43 bits per heavy atom. The van der Waals surface area contributed by atoms with Gasteiger partial charge >= 0.3 is 0 Å². The first-order valence-electron chi connectivity index (χ1n) is 9.56. The van der Waals surface area contributed by atoms with Gasteiger partial charge < -0.3 is 15.5 Å². The zero-order valence-corrected chi connectivity index (χ0v) is 17.8. The van der Waals surface area contributed by atoms with E-state index in [0.29, 0.717) is 18.0 Å². The third-order valence-electron chi connectivity index (χ3n) is 4.50. The topological polar surface area (TPSA) is 74.6 Å². The van der Waals surface area contributed by atoms with Crippen LogP contribution >= 0.6 is 0 Å². The molecule has 7 heteroatoms. The number of amides is 1. The van der Waals surface area contributed by atoms with Crippen molar-refractivity contribution in [2.24, 2.45) is 10.9 Å². The molecule has 2 rings (SSSR count). The fourth-order valence-corrected chi connectivity index (χ4v) is 2.92. The smallest absolute Gasteiger partial charge is 0.253 e. The molecule has 1 aromatic carbocycles. The second-order valence-corrected chi connectivity index (χ2v) is 7.42. The highest BCUT2D eigenvalue weighted by atomic mass is 16.2. The second-order valence-electron chi connectivity index (χ2n) is 7.42. The van der Waals surface area contributed by atoms with Crippen molar-refractivity contribution in [2.75, 3.05) is 27.7 Å². The summed E-state index contributed by atoms with van der Waals surface area (Å²) in [6.45, 7) is 8.59. The van der Waals surface area contributed by atoms with Crippen molar-refractivity contribution in [1.29, 1.82) is 0 Å². The number of nitrogens with one attached hydrogen (secondary N) is 2. The molecule has 1 unspecified atom stereocenters. The van der Waals surface area contributed by atoms with Crippen LogP contribution in [0.3, 0.4) is 0 Å². The molecule has 28 heavy (non-hydrogen) atoms. The Labute approximate surface area is 167 Å². The molecule has 7 nitrogen and oxygen atoms in total. The van der Waals surface area contributed by atoms with E-state index in [2.05, 4.69) is 45.3 Å². The Morgan fingerprint density at radius 2 is 1.89 bits per heavy atom. The molecule has 2 aromatic rings. The molecule has 0 saturated carbocycles. The quantitative estimate of drug-likeness (QED) is 0.567. The van der Waals surface area contributed by atoms with Gasteiger partial charge in [0.25, 0.3) is 5.91 Å². The molecule has 0 saturated heterocycles. The summed E-state index contributed by atoms with van der Waals surface area (Å²) in [4.78, 5) is 17.8. The molecule has 0 spiro atoms. The number of aromatic nitrogens is 2. The molecule has 0 bridgehead atoms. The van der Waals surface area contributed by atoms with E-state index in [0.717, 1.165) is 30.3 Å². The van der Waals surface area contributed by atoms with Crippen LogP contribution in [0.5, 0.6) is 0 Å². The van der Waals surface area contributed by atoms with Crippen molar-refractivity contribution in [3.63, 3.8) is 0 Å². The summed E-state index contributed by atoms with van der Waals surface area (Å²) in [6.07, 6.45) is 0. The third-order valence-corrected chi connectivity index (χ3v) is 4.50. The Hall–Kier alpha value is -2.83. The van der Waals surface area contributed by atoms with Gasteiger partial charge in [-0.3, -0.25) is 14.5 Å². The normalized spacial score (nSPS) is 12.6. The van der Waals surface area contributed by atoms with E-state index in [-0.39, 0.29) is 5.91 Å². The maximum Gasteiger partial charge on any atom is 0.253 e. The van der Waals surface area contributed by atoms with Crippen LogP contribution in [0.25, 0.3) is 0 Å². The highest BCUT2D eigenvalue weighted by molar-refractivity contribution is 5.93. The first-order chi connectivity index (χ1) is 13.3. The number of aliphatic imine (C=N–C) groups is 1. The van der Waals surface area contributed by atoms with Gasteiger partial charge in [0.1, 0.15) is 0 Å². The predicted octanol–water partition coefficient (Wildman–Crippen LogP) is 2.20. The molecular weight excluding hydrogens is 352 g/mol. The summed E-state index contributed by atoms with van der Waals surface area (Å²) < 4.78 is 2.05. The summed E-state index contributed by atoms with van der Waals surface area (Å²) in [5.41, 5.74) is 4.01.